The van der Waals surface area contributed by atoms with Gasteiger partial charge in [0.15, 0.2) is 0 Å². The van der Waals surface area contributed by atoms with Crippen molar-refractivity contribution in [2.24, 2.45) is 0 Å². The van der Waals surface area contributed by atoms with Gasteiger partial charge in [-0.3, -0.25) is 0 Å². The van der Waals surface area contributed by atoms with Crippen LogP contribution in [0.25, 0.3) is 0 Å². The molecule has 4 rings (SSSR count). The molecule has 2 aromatic carbocycles. The molecule has 2 aromatic rings. The molecule has 2 atom stereocenters. The summed E-state index contributed by atoms with van der Waals surface area (Å²) in [4.78, 5) is 0. The third kappa shape index (κ3) is 2.54. The Balaban J connectivity index is 1.52. The van der Waals surface area contributed by atoms with Crippen LogP contribution in [0.3, 0.4) is 0 Å². The van der Waals surface area contributed by atoms with Gasteiger partial charge in [0.25, 0.3) is 0 Å². The first kappa shape index (κ1) is 13.2. The van der Waals surface area contributed by atoms with Gasteiger partial charge in [0.05, 0.1) is 6.61 Å². The number of para-hydroxylation sites is 1. The predicted molar refractivity (Wildman–Crippen MR) is 85.1 cm³/mol. The normalized spacial score (nSPS) is 23.3. The summed E-state index contributed by atoms with van der Waals surface area (Å²) in [5, 5.41) is 4.66. The second kappa shape index (κ2) is 5.36. The molecule has 0 fully saturated rings. The molecule has 1 heterocycles. The van der Waals surface area contributed by atoms with Crippen molar-refractivity contribution in [3.63, 3.8) is 0 Å². The van der Waals surface area contributed by atoms with E-state index >= 15 is 0 Å². The van der Waals surface area contributed by atoms with Crippen LogP contribution in [0.4, 0.5) is 0 Å². The number of rotatable bonds is 2. The maximum atomic E-state index is 6.09. The van der Waals surface area contributed by atoms with Crippen LogP contribution in [0.5, 0.6) is 5.75 Å². The first-order chi connectivity index (χ1) is 10.3. The number of nitrogens with one attached hydrogen (secondary N) is 1. The van der Waals surface area contributed by atoms with E-state index < -0.39 is 0 Å². The summed E-state index contributed by atoms with van der Waals surface area (Å²) in [7, 11) is 0. The Morgan fingerprint density at radius 3 is 2.86 bits per heavy atom. The lowest BCUT2D eigenvalue weighted by Crippen LogP contribution is -2.36. The maximum Gasteiger partial charge on any atom is 0.124 e. The van der Waals surface area contributed by atoms with Crippen molar-refractivity contribution < 1.29 is 4.74 Å². The van der Waals surface area contributed by atoms with E-state index in [2.05, 4.69) is 35.6 Å². The summed E-state index contributed by atoms with van der Waals surface area (Å²) in [5.74, 6) is 1.03. The Morgan fingerprint density at radius 1 is 1.05 bits per heavy atom. The van der Waals surface area contributed by atoms with Crippen LogP contribution in [0.2, 0.25) is 5.02 Å². The van der Waals surface area contributed by atoms with Crippen LogP contribution in [0.15, 0.2) is 42.5 Å². The third-order valence-corrected chi connectivity index (χ3v) is 4.73. The molecular weight excluding hydrogens is 282 g/mol. The summed E-state index contributed by atoms with van der Waals surface area (Å²) in [6, 6.07) is 15.5. The van der Waals surface area contributed by atoms with Gasteiger partial charge in [-0.2, -0.15) is 0 Å². The molecule has 1 aliphatic heterocycles. The molecule has 1 aliphatic carbocycles. The number of hydrogen-bond acceptors (Lipinski definition) is 2. The van der Waals surface area contributed by atoms with Crippen LogP contribution in [0, 0.1) is 0 Å². The van der Waals surface area contributed by atoms with Crippen molar-refractivity contribution >= 4 is 11.6 Å². The van der Waals surface area contributed by atoms with Gasteiger partial charge in [0.2, 0.25) is 0 Å². The molecule has 3 heteroatoms. The zero-order chi connectivity index (χ0) is 14.2. The molecule has 0 amide bonds. The number of benzene rings is 2. The first-order valence-electron chi connectivity index (χ1n) is 7.55. The second-order valence-electron chi connectivity index (χ2n) is 5.91. The van der Waals surface area contributed by atoms with Crippen LogP contribution >= 0.6 is 11.6 Å². The van der Waals surface area contributed by atoms with Crippen molar-refractivity contribution in [3.05, 3.63) is 64.2 Å². The quantitative estimate of drug-likeness (QED) is 0.907. The fraction of sp³-hybridized carbons (Fsp3) is 0.333. The highest BCUT2D eigenvalue weighted by Crippen LogP contribution is 2.33. The fourth-order valence-electron chi connectivity index (χ4n) is 3.50. The van der Waals surface area contributed by atoms with E-state index in [0.29, 0.717) is 12.1 Å². The van der Waals surface area contributed by atoms with E-state index in [1.807, 2.05) is 12.1 Å². The van der Waals surface area contributed by atoms with E-state index in [1.54, 1.807) is 0 Å². The molecule has 108 valence electrons. The summed E-state index contributed by atoms with van der Waals surface area (Å²) < 4.78 is 5.74. The van der Waals surface area contributed by atoms with Crippen molar-refractivity contribution in [1.82, 2.24) is 5.32 Å². The van der Waals surface area contributed by atoms with E-state index in [0.717, 1.165) is 36.6 Å². The monoisotopic (exact) mass is 299 g/mol. The fourth-order valence-corrected chi connectivity index (χ4v) is 3.70. The smallest absolute Gasteiger partial charge is 0.124 e. The van der Waals surface area contributed by atoms with Crippen LogP contribution < -0.4 is 10.1 Å². The van der Waals surface area contributed by atoms with Crippen molar-refractivity contribution in [2.75, 3.05) is 6.61 Å². The lowest BCUT2D eigenvalue weighted by Gasteiger charge is -2.29. The van der Waals surface area contributed by atoms with Crippen molar-refractivity contribution in [1.29, 1.82) is 0 Å². The maximum absolute atomic E-state index is 6.09. The average molecular weight is 300 g/mol. The Hall–Kier alpha value is -1.51. The number of halogens is 1. The molecule has 0 radical (unpaired) electrons. The van der Waals surface area contributed by atoms with Crippen molar-refractivity contribution in [3.8, 4) is 5.75 Å². The van der Waals surface area contributed by atoms with E-state index in [-0.39, 0.29) is 0 Å². The minimum atomic E-state index is 0.393. The van der Waals surface area contributed by atoms with Crippen LogP contribution in [-0.4, -0.2) is 12.6 Å². The lowest BCUT2D eigenvalue weighted by atomic mass is 9.99. The standard InChI is InChI=1S/C18H18ClNO/c19-14-6-5-12-10-15(11-13(12)9-14)20-17-7-8-21-18-4-2-1-3-16(17)18/h1-6,9,15,17,20H,7-8,10-11H2. The molecule has 2 nitrogen and oxygen atoms in total. The molecule has 0 saturated heterocycles. The van der Waals surface area contributed by atoms with Gasteiger partial charge in [0.1, 0.15) is 5.75 Å². The van der Waals surface area contributed by atoms with E-state index in [4.69, 9.17) is 16.3 Å². The van der Waals surface area contributed by atoms with Gasteiger partial charge in [-0.1, -0.05) is 35.9 Å². The second-order valence-corrected chi connectivity index (χ2v) is 6.35. The third-order valence-electron chi connectivity index (χ3n) is 4.50. The van der Waals surface area contributed by atoms with E-state index in [1.165, 1.54) is 16.7 Å². The highest BCUT2D eigenvalue weighted by Gasteiger charge is 2.27. The largest absolute Gasteiger partial charge is 0.493 e. The summed E-state index contributed by atoms with van der Waals surface area (Å²) in [5.41, 5.74) is 4.11. The molecule has 0 aromatic heterocycles. The topological polar surface area (TPSA) is 21.3 Å². The number of ether oxygens (including phenoxy) is 1. The summed E-state index contributed by atoms with van der Waals surface area (Å²) >= 11 is 6.09. The first-order valence-corrected chi connectivity index (χ1v) is 7.92. The molecule has 2 aliphatic rings. The minimum Gasteiger partial charge on any atom is -0.493 e. The van der Waals surface area contributed by atoms with Gasteiger partial charge in [-0.15, -0.1) is 0 Å². The van der Waals surface area contributed by atoms with Gasteiger partial charge in [-0.05, 0) is 42.2 Å². The van der Waals surface area contributed by atoms with Crippen LogP contribution in [-0.2, 0) is 12.8 Å². The van der Waals surface area contributed by atoms with Crippen LogP contribution in [0.1, 0.15) is 29.2 Å². The van der Waals surface area contributed by atoms with Gasteiger partial charge in [0, 0.05) is 29.1 Å². The van der Waals surface area contributed by atoms with Gasteiger partial charge < -0.3 is 10.1 Å². The van der Waals surface area contributed by atoms with Crippen molar-refractivity contribution in [2.45, 2.75) is 31.3 Å². The Bertz CT molecular complexity index is 670. The Labute approximate surface area is 130 Å². The van der Waals surface area contributed by atoms with Gasteiger partial charge in [-0.25, -0.2) is 0 Å². The minimum absolute atomic E-state index is 0.393. The average Bonchev–Trinajstić information content (AvgIpc) is 2.89. The Morgan fingerprint density at radius 2 is 1.90 bits per heavy atom. The molecular formula is C18H18ClNO. The number of hydrogen-bond donors (Lipinski definition) is 1. The van der Waals surface area contributed by atoms with E-state index in [9.17, 15) is 0 Å². The zero-order valence-electron chi connectivity index (χ0n) is 11.8. The predicted octanol–water partition coefficient (Wildman–Crippen LogP) is 3.92. The molecule has 0 bridgehead atoms. The molecule has 0 saturated carbocycles. The Kier molecular flexibility index (Phi) is 3.36. The number of fused-ring (bicyclic) bond motifs is 2. The molecule has 21 heavy (non-hydrogen) atoms. The molecule has 2 unspecified atom stereocenters. The summed E-state index contributed by atoms with van der Waals surface area (Å²) in [6.45, 7) is 0.792. The SMILES string of the molecule is Clc1ccc2c(c1)CC(NC1CCOc3ccccc31)C2. The zero-order valence-corrected chi connectivity index (χ0v) is 12.6. The summed E-state index contributed by atoms with van der Waals surface area (Å²) in [6.07, 6.45) is 3.19. The molecule has 0 spiro atoms. The van der Waals surface area contributed by atoms with Gasteiger partial charge >= 0.3 is 0 Å². The lowest BCUT2D eigenvalue weighted by molar-refractivity contribution is 0.244. The highest BCUT2D eigenvalue weighted by atomic mass is 35.5. The molecule has 1 N–H and O–H groups in total. The highest BCUT2D eigenvalue weighted by molar-refractivity contribution is 6.30.